The minimum absolute atomic E-state index is 0.0925. The van der Waals surface area contributed by atoms with E-state index in [1.165, 1.54) is 10.4 Å². The molecule has 1 fully saturated rings. The summed E-state index contributed by atoms with van der Waals surface area (Å²) in [4.78, 5) is 13.0. The summed E-state index contributed by atoms with van der Waals surface area (Å²) in [6.45, 7) is 7.25. The van der Waals surface area contributed by atoms with Crippen molar-refractivity contribution in [2.45, 2.75) is 25.7 Å². The van der Waals surface area contributed by atoms with Gasteiger partial charge < -0.3 is 4.90 Å². The molecule has 1 heterocycles. The molecule has 0 N–H and O–H groups in total. The monoisotopic (exact) mass is 389 g/mol. The first kappa shape index (κ1) is 19.3. The molecule has 0 radical (unpaired) electrons. The van der Waals surface area contributed by atoms with Crippen LogP contribution in [-0.4, -0.2) is 43.8 Å². The average Bonchev–Trinajstić information content (AvgIpc) is 2.63. The average molecular weight is 389 g/mol. The molecule has 2 aromatic rings. The zero-order valence-corrected chi connectivity index (χ0v) is 16.5. The Balaban J connectivity index is 1.76. The van der Waals surface area contributed by atoms with Crippen LogP contribution >= 0.6 is 0 Å². The van der Waals surface area contributed by atoms with E-state index in [0.717, 1.165) is 16.8 Å². The highest BCUT2D eigenvalue weighted by atomic mass is 32.2. The summed E-state index contributed by atoms with van der Waals surface area (Å²) in [5.41, 5.74) is 3.23. The van der Waals surface area contributed by atoms with Crippen LogP contribution in [0.25, 0.3) is 0 Å². The van der Waals surface area contributed by atoms with Crippen LogP contribution in [0, 0.1) is 30.9 Å². The molecule has 1 saturated heterocycles. The first-order valence-corrected chi connectivity index (χ1v) is 10.2. The van der Waals surface area contributed by atoms with E-state index in [4.69, 9.17) is 0 Å². The Morgan fingerprint density at radius 2 is 1.59 bits per heavy atom. The van der Waals surface area contributed by atoms with E-state index in [9.17, 15) is 18.5 Å². The Labute approximate surface area is 159 Å². The van der Waals surface area contributed by atoms with Crippen molar-refractivity contribution in [3.05, 3.63) is 63.2 Å². The smallest absolute Gasteiger partial charge is 0.272 e. The number of nitro groups is 1. The number of hydrogen-bond acceptors (Lipinski definition) is 5. The van der Waals surface area contributed by atoms with E-state index < -0.39 is 14.9 Å². The Morgan fingerprint density at radius 3 is 2.19 bits per heavy atom. The van der Waals surface area contributed by atoms with E-state index in [-0.39, 0.29) is 5.69 Å². The van der Waals surface area contributed by atoms with Gasteiger partial charge in [0.15, 0.2) is 0 Å². The normalized spacial score (nSPS) is 15.7. The molecule has 0 amide bonds. The molecule has 0 aliphatic carbocycles. The van der Waals surface area contributed by atoms with Crippen molar-refractivity contribution >= 4 is 21.4 Å². The summed E-state index contributed by atoms with van der Waals surface area (Å²) in [5, 5.41) is 11.0. The third-order valence-electron chi connectivity index (χ3n) is 4.94. The van der Waals surface area contributed by atoms with Crippen LogP contribution in [0.1, 0.15) is 16.7 Å². The van der Waals surface area contributed by atoms with Gasteiger partial charge in [0.2, 0.25) is 10.0 Å². The van der Waals surface area contributed by atoms with Gasteiger partial charge in [-0.1, -0.05) is 12.1 Å². The van der Waals surface area contributed by atoms with Crippen LogP contribution in [0.3, 0.4) is 0 Å². The van der Waals surface area contributed by atoms with Gasteiger partial charge in [-0.15, -0.1) is 0 Å². The highest BCUT2D eigenvalue weighted by Gasteiger charge is 2.30. The molecule has 3 rings (SSSR count). The molecule has 0 unspecified atom stereocenters. The summed E-state index contributed by atoms with van der Waals surface area (Å²) in [6, 6.07) is 10.5. The van der Waals surface area contributed by atoms with Gasteiger partial charge in [-0.05, 0) is 50.1 Å². The third-order valence-corrected chi connectivity index (χ3v) is 6.98. The quantitative estimate of drug-likeness (QED) is 0.593. The fourth-order valence-corrected chi connectivity index (χ4v) is 5.08. The van der Waals surface area contributed by atoms with Gasteiger partial charge in [-0.3, -0.25) is 10.1 Å². The molecule has 1 aliphatic rings. The van der Waals surface area contributed by atoms with Gasteiger partial charge in [0.1, 0.15) is 0 Å². The molecule has 8 heteroatoms. The minimum Gasteiger partial charge on any atom is -0.369 e. The molecular formula is C19H23N3O4S. The second kappa shape index (κ2) is 7.28. The predicted molar refractivity (Wildman–Crippen MR) is 105 cm³/mol. The Kier molecular flexibility index (Phi) is 5.21. The topological polar surface area (TPSA) is 83.8 Å². The van der Waals surface area contributed by atoms with Crippen LogP contribution in [0.4, 0.5) is 11.4 Å². The van der Waals surface area contributed by atoms with Gasteiger partial charge in [-0.2, -0.15) is 4.31 Å². The summed E-state index contributed by atoms with van der Waals surface area (Å²) < 4.78 is 27.5. The van der Waals surface area contributed by atoms with Crippen molar-refractivity contribution in [1.82, 2.24) is 4.31 Å². The molecule has 0 spiro atoms. The Hall–Kier alpha value is -2.45. The van der Waals surface area contributed by atoms with E-state index >= 15 is 0 Å². The number of hydrogen-bond donors (Lipinski definition) is 0. The molecular weight excluding hydrogens is 366 g/mol. The lowest BCUT2D eigenvalue weighted by molar-refractivity contribution is -0.385. The first-order chi connectivity index (χ1) is 12.7. The number of benzene rings is 2. The maximum atomic E-state index is 13.0. The number of rotatable bonds is 4. The third kappa shape index (κ3) is 3.81. The summed E-state index contributed by atoms with van der Waals surface area (Å²) >= 11 is 0. The molecule has 144 valence electrons. The van der Waals surface area contributed by atoms with Crippen molar-refractivity contribution in [3.63, 3.8) is 0 Å². The maximum Gasteiger partial charge on any atom is 0.272 e. The fourth-order valence-electron chi connectivity index (χ4n) is 3.35. The molecule has 27 heavy (non-hydrogen) atoms. The second-order valence-corrected chi connectivity index (χ2v) is 8.79. The molecule has 0 bridgehead atoms. The van der Waals surface area contributed by atoms with Crippen LogP contribution in [0.5, 0.6) is 0 Å². The summed E-state index contributed by atoms with van der Waals surface area (Å²) in [5.74, 6) is 0. The number of anilines is 1. The highest BCUT2D eigenvalue weighted by Crippen LogP contribution is 2.27. The molecule has 0 aromatic heterocycles. The van der Waals surface area contributed by atoms with Crippen molar-refractivity contribution in [2.24, 2.45) is 0 Å². The van der Waals surface area contributed by atoms with Gasteiger partial charge in [-0.25, -0.2) is 8.42 Å². The molecule has 7 nitrogen and oxygen atoms in total. The standard InChI is InChI=1S/C19H23N3O4S/c1-14-4-5-15(2)19(12-14)27(25,26)21-10-8-20(9-11-21)17-6-7-18(22(23)24)16(3)13-17/h4-7,12-13H,8-11H2,1-3H3. The van der Waals surface area contributed by atoms with Gasteiger partial charge in [0.25, 0.3) is 5.69 Å². The summed E-state index contributed by atoms with van der Waals surface area (Å²) in [6.07, 6.45) is 0. The second-order valence-electron chi connectivity index (χ2n) is 6.89. The van der Waals surface area contributed by atoms with E-state index in [0.29, 0.717) is 36.6 Å². The number of sulfonamides is 1. The van der Waals surface area contributed by atoms with Gasteiger partial charge in [0, 0.05) is 43.5 Å². The molecule has 1 aliphatic heterocycles. The lowest BCUT2D eigenvalue weighted by atomic mass is 10.1. The number of aryl methyl sites for hydroxylation is 3. The van der Waals surface area contributed by atoms with Crippen molar-refractivity contribution < 1.29 is 13.3 Å². The number of nitro benzene ring substituents is 1. The van der Waals surface area contributed by atoms with Crippen LogP contribution < -0.4 is 4.90 Å². The summed E-state index contributed by atoms with van der Waals surface area (Å²) in [7, 11) is -3.53. The molecule has 2 aromatic carbocycles. The highest BCUT2D eigenvalue weighted by molar-refractivity contribution is 7.89. The van der Waals surface area contributed by atoms with E-state index in [2.05, 4.69) is 4.90 Å². The maximum absolute atomic E-state index is 13.0. The van der Waals surface area contributed by atoms with Gasteiger partial charge in [0.05, 0.1) is 9.82 Å². The van der Waals surface area contributed by atoms with Crippen molar-refractivity contribution in [2.75, 3.05) is 31.1 Å². The first-order valence-electron chi connectivity index (χ1n) is 8.77. The van der Waals surface area contributed by atoms with E-state index in [1.807, 2.05) is 26.0 Å². The minimum atomic E-state index is -3.53. The van der Waals surface area contributed by atoms with Crippen LogP contribution in [-0.2, 0) is 10.0 Å². The zero-order valence-electron chi connectivity index (χ0n) is 15.7. The predicted octanol–water partition coefficient (Wildman–Crippen LogP) is 3.03. The van der Waals surface area contributed by atoms with Crippen molar-refractivity contribution in [1.29, 1.82) is 0 Å². The fraction of sp³-hybridized carbons (Fsp3) is 0.368. The Morgan fingerprint density at radius 1 is 0.926 bits per heavy atom. The van der Waals surface area contributed by atoms with Crippen LogP contribution in [0.2, 0.25) is 0 Å². The number of nitrogens with zero attached hydrogens (tertiary/aromatic N) is 3. The van der Waals surface area contributed by atoms with Crippen LogP contribution in [0.15, 0.2) is 41.3 Å². The van der Waals surface area contributed by atoms with Crippen molar-refractivity contribution in [3.8, 4) is 0 Å². The number of piperazine rings is 1. The lowest BCUT2D eigenvalue weighted by Crippen LogP contribution is -2.48. The molecule has 0 atom stereocenters. The van der Waals surface area contributed by atoms with E-state index in [1.54, 1.807) is 25.1 Å². The zero-order chi connectivity index (χ0) is 19.8. The largest absolute Gasteiger partial charge is 0.369 e. The Bertz CT molecular complexity index is 980. The van der Waals surface area contributed by atoms with Gasteiger partial charge >= 0.3 is 0 Å². The molecule has 0 saturated carbocycles. The SMILES string of the molecule is Cc1ccc(C)c(S(=O)(=O)N2CCN(c3ccc([N+](=O)[O-])c(C)c3)CC2)c1. The lowest BCUT2D eigenvalue weighted by Gasteiger charge is -2.35.